The molecule has 1 heterocycles. The summed E-state index contributed by atoms with van der Waals surface area (Å²) in [5.41, 5.74) is 2.59. The minimum atomic E-state index is 0.0704. The number of hydrogen-bond acceptors (Lipinski definition) is 3. The van der Waals surface area contributed by atoms with Crippen LogP contribution < -0.4 is 10.1 Å². The lowest BCUT2D eigenvalue weighted by molar-refractivity contribution is -0.0297. The minimum absolute atomic E-state index is 0.0704. The second-order valence-electron chi connectivity index (χ2n) is 6.30. The average molecular weight is 263 g/mol. The van der Waals surface area contributed by atoms with Gasteiger partial charge in [0, 0.05) is 18.7 Å². The highest BCUT2D eigenvalue weighted by molar-refractivity contribution is 5.41. The highest BCUT2D eigenvalue weighted by Crippen LogP contribution is 2.34. The van der Waals surface area contributed by atoms with Crippen LogP contribution in [-0.2, 0) is 10.2 Å². The molecule has 1 saturated heterocycles. The van der Waals surface area contributed by atoms with Crippen LogP contribution in [0.5, 0.6) is 5.75 Å². The van der Waals surface area contributed by atoms with Crippen LogP contribution in [0.2, 0.25) is 0 Å². The Hall–Kier alpha value is -1.06. The highest BCUT2D eigenvalue weighted by atomic mass is 16.5. The second-order valence-corrected chi connectivity index (χ2v) is 6.30. The highest BCUT2D eigenvalue weighted by Gasteiger charge is 2.25. The van der Waals surface area contributed by atoms with Gasteiger partial charge < -0.3 is 14.8 Å². The van der Waals surface area contributed by atoms with E-state index in [9.17, 15) is 0 Å². The van der Waals surface area contributed by atoms with Gasteiger partial charge in [0.05, 0.1) is 19.3 Å². The molecule has 0 aromatic heterocycles. The molecule has 2 rings (SSSR count). The molecule has 0 spiro atoms. The standard InChI is InChI=1S/C16H25NO2/c1-11-9-17-10-15(19-11)13-8-12(16(2,3)4)6-7-14(13)18-5/h6-8,11,15,17H,9-10H2,1-5H3. The quantitative estimate of drug-likeness (QED) is 0.889. The molecular weight excluding hydrogens is 238 g/mol. The lowest BCUT2D eigenvalue weighted by Gasteiger charge is -2.31. The Morgan fingerprint density at radius 2 is 2.00 bits per heavy atom. The smallest absolute Gasteiger partial charge is 0.124 e. The molecule has 0 radical (unpaired) electrons. The van der Waals surface area contributed by atoms with Crippen molar-refractivity contribution >= 4 is 0 Å². The maximum Gasteiger partial charge on any atom is 0.124 e. The van der Waals surface area contributed by atoms with Crippen LogP contribution in [0, 0.1) is 0 Å². The number of nitrogens with one attached hydrogen (secondary N) is 1. The summed E-state index contributed by atoms with van der Waals surface area (Å²) < 4.78 is 11.5. The molecule has 1 aromatic carbocycles. The molecule has 1 aliphatic heterocycles. The first-order valence-electron chi connectivity index (χ1n) is 6.96. The molecule has 1 aromatic rings. The molecule has 2 unspecified atom stereocenters. The van der Waals surface area contributed by atoms with Gasteiger partial charge in [-0.05, 0) is 30.0 Å². The van der Waals surface area contributed by atoms with Gasteiger partial charge in [0.1, 0.15) is 5.75 Å². The summed E-state index contributed by atoms with van der Waals surface area (Å²) in [6.45, 7) is 10.5. The lowest BCUT2D eigenvalue weighted by atomic mass is 9.85. The molecule has 1 aliphatic rings. The van der Waals surface area contributed by atoms with E-state index in [4.69, 9.17) is 9.47 Å². The first-order valence-corrected chi connectivity index (χ1v) is 6.96. The first kappa shape index (κ1) is 14.4. The first-order chi connectivity index (χ1) is 8.91. The summed E-state index contributed by atoms with van der Waals surface area (Å²) in [5.74, 6) is 0.911. The normalized spacial score (nSPS) is 24.3. The Labute approximate surface area is 116 Å². The topological polar surface area (TPSA) is 30.5 Å². The van der Waals surface area contributed by atoms with Gasteiger partial charge in [0.25, 0.3) is 0 Å². The van der Waals surface area contributed by atoms with E-state index >= 15 is 0 Å². The molecule has 0 aliphatic carbocycles. The van der Waals surface area contributed by atoms with E-state index in [-0.39, 0.29) is 17.6 Å². The van der Waals surface area contributed by atoms with Crippen molar-refractivity contribution in [1.82, 2.24) is 5.32 Å². The summed E-state index contributed by atoms with van der Waals surface area (Å²) >= 11 is 0. The Bertz CT molecular complexity index is 437. The predicted molar refractivity (Wildman–Crippen MR) is 77.9 cm³/mol. The Morgan fingerprint density at radius 1 is 1.26 bits per heavy atom. The van der Waals surface area contributed by atoms with Gasteiger partial charge in [-0.15, -0.1) is 0 Å². The zero-order chi connectivity index (χ0) is 14.0. The number of benzene rings is 1. The van der Waals surface area contributed by atoms with E-state index in [1.165, 1.54) is 5.56 Å². The fourth-order valence-electron chi connectivity index (χ4n) is 2.43. The predicted octanol–water partition coefficient (Wildman–Crippen LogP) is 3.04. The molecule has 2 atom stereocenters. The number of ether oxygens (including phenoxy) is 2. The largest absolute Gasteiger partial charge is 0.496 e. The summed E-state index contributed by atoms with van der Waals surface area (Å²) in [5, 5.41) is 3.41. The van der Waals surface area contributed by atoms with E-state index < -0.39 is 0 Å². The summed E-state index contributed by atoms with van der Waals surface area (Å²) in [6.07, 6.45) is 0.308. The van der Waals surface area contributed by atoms with Gasteiger partial charge >= 0.3 is 0 Å². The van der Waals surface area contributed by atoms with Gasteiger partial charge in [-0.3, -0.25) is 0 Å². The van der Waals surface area contributed by atoms with Gasteiger partial charge in [0.2, 0.25) is 0 Å². The SMILES string of the molecule is COc1ccc(C(C)(C)C)cc1C1CNCC(C)O1. The van der Waals surface area contributed by atoms with Crippen molar-refractivity contribution in [1.29, 1.82) is 0 Å². The fourth-order valence-corrected chi connectivity index (χ4v) is 2.43. The third-order valence-electron chi connectivity index (χ3n) is 3.60. The van der Waals surface area contributed by atoms with Crippen LogP contribution in [0.1, 0.15) is 44.9 Å². The van der Waals surface area contributed by atoms with E-state index in [2.05, 4.69) is 51.2 Å². The average Bonchev–Trinajstić information content (AvgIpc) is 2.37. The third-order valence-corrected chi connectivity index (χ3v) is 3.60. The molecule has 0 bridgehead atoms. The van der Waals surface area contributed by atoms with Crippen molar-refractivity contribution in [2.75, 3.05) is 20.2 Å². The zero-order valence-electron chi connectivity index (χ0n) is 12.6. The molecule has 0 saturated carbocycles. The van der Waals surface area contributed by atoms with Gasteiger partial charge in [-0.25, -0.2) is 0 Å². The number of hydrogen-bond donors (Lipinski definition) is 1. The van der Waals surface area contributed by atoms with Gasteiger partial charge in [-0.2, -0.15) is 0 Å². The maximum atomic E-state index is 6.04. The van der Waals surface area contributed by atoms with Crippen LogP contribution in [-0.4, -0.2) is 26.3 Å². The summed E-state index contributed by atoms with van der Waals surface area (Å²) in [4.78, 5) is 0. The fraction of sp³-hybridized carbons (Fsp3) is 0.625. The molecule has 3 nitrogen and oxygen atoms in total. The molecule has 19 heavy (non-hydrogen) atoms. The summed E-state index contributed by atoms with van der Waals surface area (Å²) in [6, 6.07) is 6.42. The van der Waals surface area contributed by atoms with Crippen molar-refractivity contribution in [2.45, 2.75) is 45.3 Å². The third kappa shape index (κ3) is 3.28. The van der Waals surface area contributed by atoms with E-state index in [0.29, 0.717) is 0 Å². The molecule has 106 valence electrons. The number of rotatable bonds is 2. The van der Waals surface area contributed by atoms with Crippen LogP contribution in [0.4, 0.5) is 0 Å². The number of morpholine rings is 1. The van der Waals surface area contributed by atoms with E-state index in [1.54, 1.807) is 7.11 Å². The van der Waals surface area contributed by atoms with Crippen molar-refractivity contribution in [3.63, 3.8) is 0 Å². The molecule has 1 fully saturated rings. The molecular formula is C16H25NO2. The summed E-state index contributed by atoms with van der Waals surface area (Å²) in [7, 11) is 1.72. The van der Waals surface area contributed by atoms with E-state index in [1.807, 2.05) is 0 Å². The monoisotopic (exact) mass is 263 g/mol. The number of methoxy groups -OCH3 is 1. The Kier molecular flexibility index (Phi) is 4.16. The minimum Gasteiger partial charge on any atom is -0.496 e. The maximum absolute atomic E-state index is 6.04. The van der Waals surface area contributed by atoms with Crippen molar-refractivity contribution in [3.05, 3.63) is 29.3 Å². The molecule has 3 heteroatoms. The molecule has 1 N–H and O–H groups in total. The Morgan fingerprint density at radius 3 is 2.58 bits per heavy atom. The van der Waals surface area contributed by atoms with Crippen molar-refractivity contribution in [2.24, 2.45) is 0 Å². The Balaban J connectivity index is 2.35. The lowest BCUT2D eigenvalue weighted by Crippen LogP contribution is -2.39. The van der Waals surface area contributed by atoms with Gasteiger partial charge in [-0.1, -0.05) is 26.8 Å². The van der Waals surface area contributed by atoms with Crippen LogP contribution in [0.3, 0.4) is 0 Å². The van der Waals surface area contributed by atoms with Gasteiger partial charge in [0.15, 0.2) is 0 Å². The van der Waals surface area contributed by atoms with E-state index in [0.717, 1.165) is 24.4 Å². The van der Waals surface area contributed by atoms with Crippen LogP contribution in [0.25, 0.3) is 0 Å². The van der Waals surface area contributed by atoms with Crippen LogP contribution in [0.15, 0.2) is 18.2 Å². The van der Waals surface area contributed by atoms with Crippen molar-refractivity contribution in [3.8, 4) is 5.75 Å². The zero-order valence-corrected chi connectivity index (χ0v) is 12.6. The van der Waals surface area contributed by atoms with Crippen LogP contribution >= 0.6 is 0 Å². The molecule has 0 amide bonds. The van der Waals surface area contributed by atoms with Crippen molar-refractivity contribution < 1.29 is 9.47 Å². The second kappa shape index (κ2) is 5.51.